The normalized spacial score (nSPS) is 11.3. The lowest BCUT2D eigenvalue weighted by atomic mass is 9.93. The quantitative estimate of drug-likeness (QED) is 0.221. The fraction of sp³-hybridized carbons (Fsp3) is 0. The zero-order chi connectivity index (χ0) is 19.9. The number of ketones is 1. The summed E-state index contributed by atoms with van der Waals surface area (Å²) in [4.78, 5) is 25.4. The van der Waals surface area contributed by atoms with E-state index in [1.165, 1.54) is 12.1 Å². The van der Waals surface area contributed by atoms with Crippen molar-refractivity contribution in [1.29, 1.82) is 0 Å². The van der Waals surface area contributed by atoms with E-state index in [2.05, 4.69) is 6.58 Å². The Morgan fingerprint density at radius 2 is 1.29 bits per heavy atom. The first-order chi connectivity index (χ1) is 13.6. The van der Waals surface area contributed by atoms with E-state index in [0.717, 1.165) is 6.08 Å². The molecule has 0 spiro atoms. The van der Waals surface area contributed by atoms with Crippen LogP contribution in [0.4, 0.5) is 0 Å². The molecule has 1 N–H and O–H groups in total. The van der Waals surface area contributed by atoms with Crippen LogP contribution >= 0.6 is 0 Å². The summed E-state index contributed by atoms with van der Waals surface area (Å²) in [6.07, 6.45) is 1.05. The standard InChI is InChI=1S/C24H18O4/c1-2-21(26)28-24(19-11-7-4-8-12-19)22(17-13-15-20(25)16-14-17)23(27)18-9-5-3-6-10-18/h2-16,25H,1H2/b24-22+. The van der Waals surface area contributed by atoms with Crippen molar-refractivity contribution in [3.05, 3.63) is 114 Å². The topological polar surface area (TPSA) is 63.6 Å². The molecule has 0 atom stereocenters. The second kappa shape index (κ2) is 8.64. The van der Waals surface area contributed by atoms with Gasteiger partial charge in [-0.1, -0.05) is 79.4 Å². The zero-order valence-corrected chi connectivity index (χ0v) is 15.0. The van der Waals surface area contributed by atoms with E-state index in [4.69, 9.17) is 4.74 Å². The highest BCUT2D eigenvalue weighted by Gasteiger charge is 2.23. The van der Waals surface area contributed by atoms with E-state index < -0.39 is 5.97 Å². The molecular weight excluding hydrogens is 352 g/mol. The van der Waals surface area contributed by atoms with Crippen molar-refractivity contribution in [3.8, 4) is 5.75 Å². The largest absolute Gasteiger partial charge is 0.508 e. The van der Waals surface area contributed by atoms with Crippen LogP contribution in [-0.2, 0) is 9.53 Å². The third kappa shape index (κ3) is 4.24. The van der Waals surface area contributed by atoms with Gasteiger partial charge in [-0.05, 0) is 17.7 Å². The number of hydrogen-bond donors (Lipinski definition) is 1. The van der Waals surface area contributed by atoms with Gasteiger partial charge in [0.25, 0.3) is 0 Å². The molecule has 4 nitrogen and oxygen atoms in total. The van der Waals surface area contributed by atoms with Crippen LogP contribution in [0.15, 0.2) is 97.6 Å². The number of carbonyl (C=O) groups excluding carboxylic acids is 2. The summed E-state index contributed by atoms with van der Waals surface area (Å²) in [5.74, 6) is -0.775. The molecule has 0 aromatic heterocycles. The van der Waals surface area contributed by atoms with Crippen molar-refractivity contribution < 1.29 is 19.4 Å². The Morgan fingerprint density at radius 3 is 1.82 bits per heavy atom. The molecule has 0 aliphatic carbocycles. The third-order valence-electron chi connectivity index (χ3n) is 4.05. The Morgan fingerprint density at radius 1 is 0.750 bits per heavy atom. The Hall–Kier alpha value is -3.92. The number of Topliss-reactive ketones (excluding diaryl/α,β-unsaturated/α-hetero) is 1. The summed E-state index contributed by atoms with van der Waals surface area (Å²) in [5.41, 5.74) is 1.76. The van der Waals surface area contributed by atoms with Gasteiger partial charge in [0.2, 0.25) is 0 Å². The van der Waals surface area contributed by atoms with E-state index >= 15 is 0 Å². The summed E-state index contributed by atoms with van der Waals surface area (Å²) in [6, 6.07) is 23.8. The van der Waals surface area contributed by atoms with Gasteiger partial charge in [-0.25, -0.2) is 4.79 Å². The summed E-state index contributed by atoms with van der Waals surface area (Å²) in [7, 11) is 0. The molecule has 0 heterocycles. The van der Waals surface area contributed by atoms with Crippen molar-refractivity contribution in [3.63, 3.8) is 0 Å². The SMILES string of the molecule is C=CC(=O)O/C(=C(/C(=O)c1ccccc1)c1ccc(O)cc1)c1ccccc1. The van der Waals surface area contributed by atoms with E-state index in [1.807, 2.05) is 12.1 Å². The minimum atomic E-state index is -0.670. The molecular formula is C24H18O4. The molecule has 0 amide bonds. The van der Waals surface area contributed by atoms with Gasteiger partial charge in [0.05, 0.1) is 5.57 Å². The first-order valence-corrected chi connectivity index (χ1v) is 8.63. The summed E-state index contributed by atoms with van der Waals surface area (Å²) >= 11 is 0. The number of phenols is 1. The van der Waals surface area contributed by atoms with Crippen LogP contribution in [0.3, 0.4) is 0 Å². The molecule has 138 valence electrons. The predicted molar refractivity (Wildman–Crippen MR) is 108 cm³/mol. The van der Waals surface area contributed by atoms with Crippen molar-refractivity contribution in [2.75, 3.05) is 0 Å². The smallest absolute Gasteiger partial charge is 0.335 e. The van der Waals surface area contributed by atoms with E-state index in [0.29, 0.717) is 16.7 Å². The van der Waals surface area contributed by atoms with Gasteiger partial charge < -0.3 is 9.84 Å². The molecule has 0 radical (unpaired) electrons. The van der Waals surface area contributed by atoms with Crippen LogP contribution in [0.25, 0.3) is 11.3 Å². The fourth-order valence-electron chi connectivity index (χ4n) is 2.71. The number of esters is 1. The molecule has 0 fully saturated rings. The number of allylic oxidation sites excluding steroid dienone is 1. The number of ether oxygens (including phenoxy) is 1. The van der Waals surface area contributed by atoms with Gasteiger partial charge in [0.15, 0.2) is 5.78 Å². The lowest BCUT2D eigenvalue weighted by Crippen LogP contribution is -2.10. The number of phenolic OH excluding ortho intramolecular Hbond substituents is 1. The minimum absolute atomic E-state index is 0.0691. The molecule has 3 rings (SSSR count). The maximum atomic E-state index is 13.4. The van der Waals surface area contributed by atoms with Crippen molar-refractivity contribution in [2.24, 2.45) is 0 Å². The first-order valence-electron chi connectivity index (χ1n) is 8.63. The molecule has 0 bridgehead atoms. The summed E-state index contributed by atoms with van der Waals surface area (Å²) in [5, 5.41) is 9.63. The number of carbonyl (C=O) groups is 2. The van der Waals surface area contributed by atoms with Gasteiger partial charge in [0, 0.05) is 17.2 Å². The second-order valence-corrected chi connectivity index (χ2v) is 5.94. The van der Waals surface area contributed by atoms with Crippen LogP contribution in [0.1, 0.15) is 21.5 Å². The molecule has 0 saturated carbocycles. The first kappa shape index (κ1) is 18.9. The number of hydrogen-bond acceptors (Lipinski definition) is 4. The van der Waals surface area contributed by atoms with E-state index in [1.54, 1.807) is 60.7 Å². The average Bonchev–Trinajstić information content (AvgIpc) is 2.75. The molecule has 0 unspecified atom stereocenters. The second-order valence-electron chi connectivity index (χ2n) is 5.94. The van der Waals surface area contributed by atoms with Crippen molar-refractivity contribution >= 4 is 23.1 Å². The average molecular weight is 370 g/mol. The highest BCUT2D eigenvalue weighted by atomic mass is 16.5. The fourth-order valence-corrected chi connectivity index (χ4v) is 2.71. The maximum absolute atomic E-state index is 13.4. The number of rotatable bonds is 6. The van der Waals surface area contributed by atoms with Gasteiger partial charge in [-0.3, -0.25) is 4.79 Å². The van der Waals surface area contributed by atoms with E-state index in [-0.39, 0.29) is 22.9 Å². The van der Waals surface area contributed by atoms with Gasteiger partial charge >= 0.3 is 5.97 Å². The molecule has 4 heteroatoms. The number of benzene rings is 3. The molecule has 3 aromatic carbocycles. The minimum Gasteiger partial charge on any atom is -0.508 e. The molecule has 0 saturated heterocycles. The predicted octanol–water partition coefficient (Wildman–Crippen LogP) is 4.87. The molecule has 0 aliphatic heterocycles. The highest BCUT2D eigenvalue weighted by molar-refractivity contribution is 6.34. The van der Waals surface area contributed by atoms with Gasteiger partial charge in [-0.2, -0.15) is 0 Å². The number of aromatic hydroxyl groups is 1. The lowest BCUT2D eigenvalue weighted by molar-refractivity contribution is -0.131. The van der Waals surface area contributed by atoms with Crippen LogP contribution in [-0.4, -0.2) is 16.9 Å². The van der Waals surface area contributed by atoms with Crippen LogP contribution < -0.4 is 0 Å². The monoisotopic (exact) mass is 370 g/mol. The third-order valence-corrected chi connectivity index (χ3v) is 4.05. The Balaban J connectivity index is 2.28. The molecule has 3 aromatic rings. The van der Waals surface area contributed by atoms with Gasteiger partial charge in [0.1, 0.15) is 11.5 Å². The molecule has 0 aliphatic rings. The maximum Gasteiger partial charge on any atom is 0.335 e. The Bertz CT molecular complexity index is 1020. The highest BCUT2D eigenvalue weighted by Crippen LogP contribution is 2.31. The van der Waals surface area contributed by atoms with Gasteiger partial charge in [-0.15, -0.1) is 0 Å². The molecule has 28 heavy (non-hydrogen) atoms. The zero-order valence-electron chi connectivity index (χ0n) is 15.0. The van der Waals surface area contributed by atoms with Crippen molar-refractivity contribution in [1.82, 2.24) is 0 Å². The Labute approximate surface area is 163 Å². The van der Waals surface area contributed by atoms with Crippen LogP contribution in [0, 0.1) is 0 Å². The van der Waals surface area contributed by atoms with Crippen LogP contribution in [0.2, 0.25) is 0 Å². The summed E-state index contributed by atoms with van der Waals surface area (Å²) < 4.78 is 5.51. The summed E-state index contributed by atoms with van der Waals surface area (Å²) in [6.45, 7) is 3.44. The van der Waals surface area contributed by atoms with Crippen molar-refractivity contribution in [2.45, 2.75) is 0 Å². The van der Waals surface area contributed by atoms with Crippen LogP contribution in [0.5, 0.6) is 5.75 Å². The lowest BCUT2D eigenvalue weighted by Gasteiger charge is -2.15. The van der Waals surface area contributed by atoms with E-state index in [9.17, 15) is 14.7 Å². The Kier molecular flexibility index (Phi) is 5.82.